The Kier molecular flexibility index (Phi) is 4.95. The van der Waals surface area contributed by atoms with Gasteiger partial charge >= 0.3 is 6.03 Å². The lowest BCUT2D eigenvalue weighted by Gasteiger charge is -2.38. The number of aliphatic hydroxyl groups excluding tert-OH is 1. The van der Waals surface area contributed by atoms with E-state index in [4.69, 9.17) is 0 Å². The number of aromatic nitrogens is 2. The Morgan fingerprint density at radius 2 is 1.96 bits per heavy atom. The summed E-state index contributed by atoms with van der Waals surface area (Å²) in [5.74, 6) is 1.28. The smallest absolute Gasteiger partial charge is 0.317 e. The summed E-state index contributed by atoms with van der Waals surface area (Å²) in [6.07, 6.45) is 4.01. The molecule has 2 N–H and O–H groups in total. The number of hydrogen-bond acceptors (Lipinski definition) is 6. The highest BCUT2D eigenvalue weighted by molar-refractivity contribution is 5.74. The molecule has 26 heavy (non-hydrogen) atoms. The van der Waals surface area contributed by atoms with Crippen molar-refractivity contribution in [2.45, 2.75) is 37.3 Å². The topological polar surface area (TPSA) is 84.8 Å². The van der Waals surface area contributed by atoms with E-state index in [9.17, 15) is 9.90 Å². The molecule has 1 atom stereocenters. The van der Waals surface area contributed by atoms with Gasteiger partial charge in [-0.2, -0.15) is 0 Å². The second-order valence-corrected chi connectivity index (χ2v) is 7.79. The summed E-state index contributed by atoms with van der Waals surface area (Å²) in [7, 11) is 2.09. The Morgan fingerprint density at radius 1 is 1.19 bits per heavy atom. The largest absolute Gasteiger partial charge is 0.391 e. The number of anilines is 1. The van der Waals surface area contributed by atoms with E-state index in [2.05, 4.69) is 32.1 Å². The van der Waals surface area contributed by atoms with E-state index in [0.717, 1.165) is 63.5 Å². The number of hydrogen-bond donors (Lipinski definition) is 2. The van der Waals surface area contributed by atoms with Crippen molar-refractivity contribution in [3.8, 4) is 0 Å². The van der Waals surface area contributed by atoms with Crippen molar-refractivity contribution in [1.82, 2.24) is 25.1 Å². The predicted octanol–water partition coefficient (Wildman–Crippen LogP) is 0.251. The summed E-state index contributed by atoms with van der Waals surface area (Å²) in [6.45, 7) is 4.97. The van der Waals surface area contributed by atoms with E-state index in [1.54, 1.807) is 6.33 Å². The van der Waals surface area contributed by atoms with Gasteiger partial charge in [-0.15, -0.1) is 0 Å². The molecule has 1 aromatic rings. The quantitative estimate of drug-likeness (QED) is 0.804. The van der Waals surface area contributed by atoms with Crippen LogP contribution in [0.5, 0.6) is 0 Å². The summed E-state index contributed by atoms with van der Waals surface area (Å²) in [6, 6.07) is 2.34. The van der Waals surface area contributed by atoms with Crippen LogP contribution in [0.1, 0.15) is 30.9 Å². The van der Waals surface area contributed by atoms with Crippen LogP contribution >= 0.6 is 0 Å². The molecule has 3 aliphatic rings. The Morgan fingerprint density at radius 3 is 2.65 bits per heavy atom. The minimum atomic E-state index is -0.258. The van der Waals surface area contributed by atoms with Gasteiger partial charge in [0.15, 0.2) is 0 Å². The van der Waals surface area contributed by atoms with Crippen LogP contribution < -0.4 is 10.2 Å². The summed E-state index contributed by atoms with van der Waals surface area (Å²) in [4.78, 5) is 27.4. The molecule has 0 radical (unpaired) electrons. The van der Waals surface area contributed by atoms with E-state index in [0.29, 0.717) is 12.5 Å². The highest BCUT2D eigenvalue weighted by Crippen LogP contribution is 2.37. The lowest BCUT2D eigenvalue weighted by Crippen LogP contribution is -2.54. The van der Waals surface area contributed by atoms with E-state index in [-0.39, 0.29) is 18.2 Å². The lowest BCUT2D eigenvalue weighted by molar-refractivity contribution is 0.145. The Bertz CT molecular complexity index is 642. The van der Waals surface area contributed by atoms with Gasteiger partial charge in [-0.05, 0) is 26.3 Å². The minimum Gasteiger partial charge on any atom is -0.391 e. The number of nitrogens with zero attached hydrogens (tertiary/aromatic N) is 5. The van der Waals surface area contributed by atoms with Crippen molar-refractivity contribution < 1.29 is 9.90 Å². The standard InChI is InChI=1S/C18H28N6O2/c1-22-4-6-23(7-5-22)18(26)21-14-8-13(9-14)16-10-17(20-12-19-16)24-3-2-15(25)11-24/h10,12-15,25H,2-9,11H2,1H3,(H,21,26). The van der Waals surface area contributed by atoms with Crippen LogP contribution in [0, 0.1) is 0 Å². The van der Waals surface area contributed by atoms with Gasteiger partial charge in [-0.1, -0.05) is 0 Å². The molecular formula is C18H28N6O2. The molecule has 142 valence electrons. The van der Waals surface area contributed by atoms with Crippen LogP contribution in [0.3, 0.4) is 0 Å². The van der Waals surface area contributed by atoms with Gasteiger partial charge in [0.1, 0.15) is 12.1 Å². The SMILES string of the molecule is CN1CCN(C(=O)NC2CC(c3cc(N4CCC(O)C4)ncn3)C2)CC1. The fourth-order valence-electron chi connectivity index (χ4n) is 3.96. The summed E-state index contributed by atoms with van der Waals surface area (Å²) >= 11 is 0. The number of piperazine rings is 1. The molecule has 0 bridgehead atoms. The third-order valence-electron chi connectivity index (χ3n) is 5.84. The number of nitrogens with one attached hydrogen (secondary N) is 1. The molecule has 4 rings (SSSR count). The molecule has 3 heterocycles. The van der Waals surface area contributed by atoms with Crippen LogP contribution in [0.15, 0.2) is 12.4 Å². The number of carbonyl (C=O) groups is 1. The van der Waals surface area contributed by atoms with Crippen molar-refractivity contribution in [2.75, 3.05) is 51.2 Å². The van der Waals surface area contributed by atoms with E-state index in [1.807, 2.05) is 11.0 Å². The van der Waals surface area contributed by atoms with Gasteiger partial charge in [0.25, 0.3) is 0 Å². The van der Waals surface area contributed by atoms with E-state index >= 15 is 0 Å². The highest BCUT2D eigenvalue weighted by atomic mass is 16.3. The number of likely N-dealkylation sites (N-methyl/N-ethyl adjacent to an activating group) is 1. The van der Waals surface area contributed by atoms with Crippen LogP contribution in [0.25, 0.3) is 0 Å². The van der Waals surface area contributed by atoms with Crippen molar-refractivity contribution in [3.63, 3.8) is 0 Å². The predicted molar refractivity (Wildman–Crippen MR) is 98.2 cm³/mol. The lowest BCUT2D eigenvalue weighted by atomic mass is 9.78. The molecule has 1 aromatic heterocycles. The first-order valence-electron chi connectivity index (χ1n) is 9.57. The monoisotopic (exact) mass is 360 g/mol. The van der Waals surface area contributed by atoms with Crippen molar-refractivity contribution in [2.24, 2.45) is 0 Å². The number of carbonyl (C=O) groups excluding carboxylic acids is 1. The molecule has 0 aromatic carbocycles. The Balaban J connectivity index is 1.27. The maximum Gasteiger partial charge on any atom is 0.317 e. The highest BCUT2D eigenvalue weighted by Gasteiger charge is 2.34. The normalized spacial score (nSPS) is 29.5. The maximum atomic E-state index is 12.4. The summed E-state index contributed by atoms with van der Waals surface area (Å²) in [5, 5.41) is 12.9. The second-order valence-electron chi connectivity index (χ2n) is 7.79. The van der Waals surface area contributed by atoms with Gasteiger partial charge in [-0.25, -0.2) is 14.8 Å². The molecule has 8 heteroatoms. The maximum absolute atomic E-state index is 12.4. The fourth-order valence-corrected chi connectivity index (χ4v) is 3.96. The fraction of sp³-hybridized carbons (Fsp3) is 0.722. The van der Waals surface area contributed by atoms with Gasteiger partial charge in [-0.3, -0.25) is 0 Å². The molecule has 1 aliphatic carbocycles. The molecule has 0 spiro atoms. The Hall–Kier alpha value is -1.93. The molecule has 1 saturated carbocycles. The number of β-amino-alcohol motifs (C(OH)–C–C–N with tert-alkyl or cyclic N) is 1. The van der Waals surface area contributed by atoms with Gasteiger partial charge < -0.3 is 25.1 Å². The number of aliphatic hydroxyl groups is 1. The minimum absolute atomic E-state index is 0.0657. The summed E-state index contributed by atoms with van der Waals surface area (Å²) in [5.41, 5.74) is 1.04. The first-order chi connectivity index (χ1) is 12.6. The zero-order valence-corrected chi connectivity index (χ0v) is 15.3. The van der Waals surface area contributed by atoms with Crippen LogP contribution in [-0.4, -0.2) is 89.4 Å². The number of rotatable bonds is 3. The first kappa shape index (κ1) is 17.5. The molecular weight excluding hydrogens is 332 g/mol. The average Bonchev–Trinajstić information content (AvgIpc) is 3.05. The zero-order chi connectivity index (χ0) is 18.1. The van der Waals surface area contributed by atoms with Crippen LogP contribution in [0.4, 0.5) is 10.6 Å². The average molecular weight is 360 g/mol. The zero-order valence-electron chi connectivity index (χ0n) is 15.3. The van der Waals surface area contributed by atoms with Crippen molar-refractivity contribution in [3.05, 3.63) is 18.1 Å². The second kappa shape index (κ2) is 7.36. The third kappa shape index (κ3) is 3.76. The molecule has 2 saturated heterocycles. The van der Waals surface area contributed by atoms with Gasteiger partial charge in [0.05, 0.1) is 6.10 Å². The van der Waals surface area contributed by atoms with E-state index in [1.165, 1.54) is 0 Å². The van der Waals surface area contributed by atoms with E-state index < -0.39 is 0 Å². The molecule has 3 fully saturated rings. The number of urea groups is 1. The van der Waals surface area contributed by atoms with Crippen molar-refractivity contribution >= 4 is 11.8 Å². The molecule has 2 amide bonds. The third-order valence-corrected chi connectivity index (χ3v) is 5.84. The van der Waals surface area contributed by atoms with Gasteiger partial charge in [0, 0.05) is 63.0 Å². The Labute approximate surface area is 154 Å². The summed E-state index contributed by atoms with van der Waals surface area (Å²) < 4.78 is 0. The molecule has 2 aliphatic heterocycles. The first-order valence-corrected chi connectivity index (χ1v) is 9.57. The molecule has 1 unspecified atom stereocenters. The number of amides is 2. The van der Waals surface area contributed by atoms with Crippen LogP contribution in [0.2, 0.25) is 0 Å². The van der Waals surface area contributed by atoms with Crippen molar-refractivity contribution in [1.29, 1.82) is 0 Å². The van der Waals surface area contributed by atoms with Crippen LogP contribution in [-0.2, 0) is 0 Å². The molecule has 8 nitrogen and oxygen atoms in total. The van der Waals surface area contributed by atoms with Gasteiger partial charge in [0.2, 0.25) is 0 Å².